The molecule has 298 valence electrons. The third-order valence-electron chi connectivity index (χ3n) is 10.2. The quantitative estimate of drug-likeness (QED) is 0.155. The predicted molar refractivity (Wildman–Crippen MR) is 249 cm³/mol. The molecule has 58 heavy (non-hydrogen) atoms. The van der Waals surface area contributed by atoms with Crippen LogP contribution in [0.15, 0.2) is 146 Å². The molecule has 0 unspecified atom stereocenters. The summed E-state index contributed by atoms with van der Waals surface area (Å²) < 4.78 is 3.34. The van der Waals surface area contributed by atoms with Crippen LogP contribution in [0.3, 0.4) is 0 Å². The fourth-order valence-corrected chi connectivity index (χ4v) is 7.01. The first-order valence-electron chi connectivity index (χ1n) is 20.6. The van der Waals surface area contributed by atoms with E-state index in [0.29, 0.717) is 11.8 Å². The van der Waals surface area contributed by atoms with Crippen molar-refractivity contribution in [1.82, 2.24) is 0 Å². The summed E-state index contributed by atoms with van der Waals surface area (Å²) in [6, 6.07) is 55.0. The van der Waals surface area contributed by atoms with Crippen LogP contribution in [0.4, 0.5) is 0 Å². The Kier molecular flexibility index (Phi) is 17.6. The van der Waals surface area contributed by atoms with Gasteiger partial charge in [0, 0.05) is 0 Å². The van der Waals surface area contributed by atoms with Gasteiger partial charge < -0.3 is 0 Å². The van der Waals surface area contributed by atoms with Gasteiger partial charge in [0.15, 0.2) is 0 Å². The summed E-state index contributed by atoms with van der Waals surface area (Å²) >= 11 is 1.30. The number of fused-ring (bicyclic) bond motifs is 3. The van der Waals surface area contributed by atoms with Crippen molar-refractivity contribution in [3.05, 3.63) is 203 Å². The van der Waals surface area contributed by atoms with Gasteiger partial charge in [-0.1, -0.05) is 159 Å². The zero-order chi connectivity index (χ0) is 42.3. The molecule has 0 atom stereocenters. The number of rotatable bonds is 4. The molecule has 0 nitrogen and oxygen atoms in total. The summed E-state index contributed by atoms with van der Waals surface area (Å²) in [5.74, 6) is 1.28. The minimum absolute atomic E-state index is 0.0380. The summed E-state index contributed by atoms with van der Waals surface area (Å²) in [6.07, 6.45) is 10.9. The van der Waals surface area contributed by atoms with Crippen LogP contribution in [0, 0.1) is 24.3 Å². The molecule has 8 rings (SSSR count). The number of hydrogen-bond acceptors (Lipinski definition) is 0. The summed E-state index contributed by atoms with van der Waals surface area (Å²) in [6.45, 7) is 22.7. The topological polar surface area (TPSA) is 0 Å². The van der Waals surface area contributed by atoms with Gasteiger partial charge in [0.25, 0.3) is 0 Å². The third kappa shape index (κ3) is 13.0. The van der Waals surface area contributed by atoms with E-state index in [1.807, 2.05) is 36.4 Å². The van der Waals surface area contributed by atoms with Crippen molar-refractivity contribution in [1.29, 1.82) is 0 Å². The predicted octanol–water partition coefficient (Wildman–Crippen LogP) is 15.5. The van der Waals surface area contributed by atoms with Gasteiger partial charge in [-0.15, -0.1) is 35.2 Å². The van der Waals surface area contributed by atoms with E-state index < -0.39 is 0 Å². The second-order valence-corrected chi connectivity index (χ2v) is 17.4. The van der Waals surface area contributed by atoms with Crippen LogP contribution in [0.5, 0.6) is 0 Å². The van der Waals surface area contributed by atoms with Crippen LogP contribution in [0.2, 0.25) is 0 Å². The summed E-state index contributed by atoms with van der Waals surface area (Å²) in [5.41, 5.74) is 16.3. The van der Waals surface area contributed by atoms with Crippen molar-refractivity contribution < 1.29 is 24.2 Å². The van der Waals surface area contributed by atoms with Gasteiger partial charge >= 0.3 is 28.4 Å². The van der Waals surface area contributed by atoms with Crippen LogP contribution in [-0.4, -0.2) is 4.21 Å². The van der Waals surface area contributed by atoms with E-state index in [1.165, 1.54) is 91.0 Å². The van der Waals surface area contributed by atoms with Crippen LogP contribution in [0.1, 0.15) is 121 Å². The Balaban J connectivity index is 0.000000239. The second kappa shape index (κ2) is 22.1. The molecule has 0 amide bonds. The van der Waals surface area contributed by atoms with E-state index in [2.05, 4.69) is 207 Å². The first-order chi connectivity index (χ1) is 27.7. The van der Waals surface area contributed by atoms with Gasteiger partial charge in [-0.3, -0.25) is 6.08 Å². The summed E-state index contributed by atoms with van der Waals surface area (Å²) in [5, 5.41) is 0. The van der Waals surface area contributed by atoms with E-state index in [4.69, 9.17) is 0 Å². The Bertz CT molecular complexity index is 2030. The maximum absolute atomic E-state index is 3.88. The molecule has 0 radical (unpaired) electrons. The third-order valence-corrected chi connectivity index (χ3v) is 10.2. The summed E-state index contributed by atoms with van der Waals surface area (Å²) in [4.78, 5) is 0. The van der Waals surface area contributed by atoms with Gasteiger partial charge in [-0.25, -0.2) is 12.2 Å². The van der Waals surface area contributed by atoms with Crippen molar-refractivity contribution in [2.75, 3.05) is 0 Å². The van der Waals surface area contributed by atoms with Gasteiger partial charge in [-0.2, -0.15) is 77.9 Å². The van der Waals surface area contributed by atoms with Crippen LogP contribution in [-0.2, 0) is 41.5 Å². The van der Waals surface area contributed by atoms with Crippen LogP contribution in [0.25, 0.3) is 33.4 Å². The zero-order valence-electron chi connectivity index (χ0n) is 36.6. The molecule has 0 saturated carbocycles. The molecular formula is C57H62Zr-4. The molecule has 6 aromatic carbocycles. The molecule has 0 aliphatic heterocycles. The Morgan fingerprint density at radius 1 is 0.569 bits per heavy atom. The Morgan fingerprint density at radius 2 is 1.05 bits per heavy atom. The standard InChI is InChI=1S/C33H33.2C9H11.C5H5.CH2.Zr/c1-32(2,3)30-20-26-24(18-28(30)22-13-9-7-10-14-22)17-25-19-29(23-15-11-8-12-16-23)31(21-27(25)26)33(4,5)6;2*1-8(2)9-6-4-3-5-7-9;1-2-4-5-3-1;;/h7-16,18,20-21H,17H2,1-6H3;2*4-8H,1-2H3;1-3H,4H2;1H2;/q4*-1;;. The average molecular weight is 838 g/mol. The Hall–Kier alpha value is -4.45. The van der Waals surface area contributed by atoms with Crippen LogP contribution < -0.4 is 0 Å². The normalized spacial score (nSPS) is 12.1. The van der Waals surface area contributed by atoms with Crippen molar-refractivity contribution >= 4 is 4.21 Å². The monoisotopic (exact) mass is 836 g/mol. The first kappa shape index (κ1) is 46.2. The number of allylic oxidation sites excluding steroid dienone is 4. The van der Waals surface area contributed by atoms with Crippen molar-refractivity contribution in [3.63, 3.8) is 0 Å². The fourth-order valence-electron chi connectivity index (χ4n) is 7.01. The van der Waals surface area contributed by atoms with E-state index in [0.717, 1.165) is 12.8 Å². The van der Waals surface area contributed by atoms with E-state index in [1.54, 1.807) is 0 Å². The van der Waals surface area contributed by atoms with Gasteiger partial charge in [0.1, 0.15) is 0 Å². The van der Waals surface area contributed by atoms with Gasteiger partial charge in [0.05, 0.1) is 0 Å². The molecule has 0 bridgehead atoms. The molecule has 0 aromatic heterocycles. The van der Waals surface area contributed by atoms with E-state index in [9.17, 15) is 0 Å². The maximum atomic E-state index is 3.88. The first-order valence-corrected chi connectivity index (χ1v) is 22.3. The Labute approximate surface area is 367 Å². The average Bonchev–Trinajstić information content (AvgIpc) is 3.94. The Morgan fingerprint density at radius 3 is 1.45 bits per heavy atom. The number of hydrogen-bond donors (Lipinski definition) is 0. The molecule has 1 heteroatoms. The molecule has 0 N–H and O–H groups in total. The van der Waals surface area contributed by atoms with E-state index in [-0.39, 0.29) is 10.8 Å². The van der Waals surface area contributed by atoms with Gasteiger partial charge in [0.2, 0.25) is 0 Å². The van der Waals surface area contributed by atoms with Crippen molar-refractivity contribution in [3.8, 4) is 33.4 Å². The van der Waals surface area contributed by atoms with Crippen molar-refractivity contribution in [2.24, 2.45) is 0 Å². The molecular weight excluding hydrogens is 776 g/mol. The van der Waals surface area contributed by atoms with Crippen molar-refractivity contribution in [2.45, 2.75) is 105 Å². The molecule has 0 fully saturated rings. The molecule has 0 heterocycles. The zero-order valence-corrected chi connectivity index (χ0v) is 39.1. The molecule has 2 aliphatic carbocycles. The SMILES string of the molecule is CC(C)(C)c1cc2c([c-]c1-c1ccccc1)Cc1cc(-c3ccccc3)c(C(C)(C)C)cc1-2.CC(C)c1cc[c-]cc1.CC(C)c1cc[c-]cc1.[C-]1=CC=CC1.[CH2]=[Zr]. The fraction of sp³-hybridized carbons (Fsp3) is 0.281. The molecule has 6 aromatic rings. The van der Waals surface area contributed by atoms with Crippen LogP contribution >= 0.6 is 0 Å². The molecule has 0 spiro atoms. The summed E-state index contributed by atoms with van der Waals surface area (Å²) in [7, 11) is 0. The van der Waals surface area contributed by atoms with E-state index >= 15 is 0 Å². The molecule has 2 aliphatic rings. The minimum atomic E-state index is 0.0380. The number of benzene rings is 6. The van der Waals surface area contributed by atoms with Gasteiger partial charge in [-0.05, 0) is 51.3 Å². The second-order valence-electron chi connectivity index (χ2n) is 17.4. The molecule has 0 saturated heterocycles.